The summed E-state index contributed by atoms with van der Waals surface area (Å²) >= 11 is 0. The molecule has 2 rings (SSSR count). The molecule has 16 nitrogen and oxygen atoms in total. The molecular weight excluding hydrogens is 668 g/mol. The van der Waals surface area contributed by atoms with Gasteiger partial charge in [0.05, 0.1) is 144 Å². The lowest BCUT2D eigenvalue weighted by atomic mass is 10.1. The van der Waals surface area contributed by atoms with Crippen molar-refractivity contribution in [1.82, 2.24) is 15.2 Å². The fourth-order valence-electron chi connectivity index (χ4n) is 4.51. The van der Waals surface area contributed by atoms with Crippen molar-refractivity contribution in [2.45, 2.75) is 39.3 Å². The zero-order valence-electron chi connectivity index (χ0n) is 31.2. The Labute approximate surface area is 304 Å². The molecule has 0 saturated carbocycles. The van der Waals surface area contributed by atoms with E-state index in [0.717, 1.165) is 31.7 Å². The van der Waals surface area contributed by atoms with Gasteiger partial charge in [0.25, 0.3) is 0 Å². The van der Waals surface area contributed by atoms with E-state index in [-0.39, 0.29) is 0 Å². The van der Waals surface area contributed by atoms with Gasteiger partial charge in [-0.3, -0.25) is 9.88 Å². The Morgan fingerprint density at radius 3 is 1.47 bits per heavy atom. The summed E-state index contributed by atoms with van der Waals surface area (Å²) in [4.78, 5) is 18.3. The first-order valence-electron chi connectivity index (χ1n) is 18.0. The molecule has 0 unspecified atom stereocenters. The van der Waals surface area contributed by atoms with Crippen LogP contribution < -0.4 is 11.1 Å². The summed E-state index contributed by atoms with van der Waals surface area (Å²) < 4.78 is 60.2. The summed E-state index contributed by atoms with van der Waals surface area (Å²) in [5.74, 6) is 0. The smallest absolute Gasteiger partial charge is 0.407 e. The van der Waals surface area contributed by atoms with Crippen LogP contribution in [0.2, 0.25) is 0 Å². The highest BCUT2D eigenvalue weighted by atomic mass is 16.6. The predicted octanol–water partition coefficient (Wildman–Crippen LogP) is 1.71. The number of rotatable bonds is 33. The van der Waals surface area contributed by atoms with Crippen molar-refractivity contribution in [3.8, 4) is 0 Å². The number of anilines is 1. The molecule has 51 heavy (non-hydrogen) atoms. The van der Waals surface area contributed by atoms with Crippen molar-refractivity contribution in [1.29, 1.82) is 0 Å². The molecule has 0 atom stereocenters. The molecule has 296 valence electrons. The fourth-order valence-corrected chi connectivity index (χ4v) is 4.51. The molecule has 0 saturated heterocycles. The quantitative estimate of drug-likeness (QED) is 0.100. The monoisotopic (exact) mass is 732 g/mol. The van der Waals surface area contributed by atoms with Crippen molar-refractivity contribution in [2.24, 2.45) is 0 Å². The molecule has 3 N–H and O–H groups in total. The van der Waals surface area contributed by atoms with Crippen molar-refractivity contribution >= 4 is 11.8 Å². The van der Waals surface area contributed by atoms with E-state index in [9.17, 15) is 4.79 Å². The maximum Gasteiger partial charge on any atom is 0.407 e. The van der Waals surface area contributed by atoms with E-state index >= 15 is 0 Å². The number of fused-ring (bicyclic) bond motifs is 1. The zero-order chi connectivity index (χ0) is 36.7. The molecule has 0 aliphatic carbocycles. The van der Waals surface area contributed by atoms with Gasteiger partial charge in [0.2, 0.25) is 0 Å². The Balaban J connectivity index is 1.16. The van der Waals surface area contributed by atoms with Crippen LogP contribution in [0.4, 0.5) is 10.5 Å². The Hall–Kier alpha value is -2.22. The van der Waals surface area contributed by atoms with Gasteiger partial charge in [-0.25, -0.2) is 4.79 Å². The van der Waals surface area contributed by atoms with E-state index in [1.807, 2.05) is 26.8 Å². The van der Waals surface area contributed by atoms with Gasteiger partial charge in [-0.15, -0.1) is 0 Å². The van der Waals surface area contributed by atoms with Gasteiger partial charge in [0.1, 0.15) is 5.60 Å². The van der Waals surface area contributed by atoms with Crippen molar-refractivity contribution in [3.05, 3.63) is 23.5 Å². The second-order valence-electron chi connectivity index (χ2n) is 12.5. The number of hydrogen-bond acceptors (Lipinski definition) is 15. The number of aromatic nitrogens is 1. The summed E-state index contributed by atoms with van der Waals surface area (Å²) in [5.41, 5.74) is 8.43. The summed E-state index contributed by atoms with van der Waals surface area (Å²) in [6.07, 6.45) is 2.23. The number of nitrogens with zero attached hydrogens (tertiary/aromatic N) is 2. The molecule has 0 spiro atoms. The third-order valence-electron chi connectivity index (χ3n) is 6.95. The fraction of sp³-hybridized carbons (Fsp3) is 0.829. The summed E-state index contributed by atoms with van der Waals surface area (Å²) in [5, 5.41) is 2.63. The standard InChI is InChI=1S/C35H64N4O12/c1-35(2,3)51-34(40)37-5-8-41-10-12-43-14-16-45-18-20-47-22-24-49-26-27-50-25-23-48-21-19-46-17-15-44-13-11-42-9-7-39-6-4-33-31(30-39)28-32(36)29-38-33/h28-29H,4-27,30,36H2,1-3H3,(H,37,40). The molecule has 1 aliphatic rings. The summed E-state index contributed by atoms with van der Waals surface area (Å²) in [6, 6.07) is 2.02. The number of pyridine rings is 1. The van der Waals surface area contributed by atoms with Crippen LogP contribution in [0.5, 0.6) is 0 Å². The van der Waals surface area contributed by atoms with Crippen LogP contribution in [-0.4, -0.2) is 173 Å². The molecule has 1 aromatic rings. The number of amides is 1. The topological polar surface area (TPSA) is 173 Å². The van der Waals surface area contributed by atoms with Gasteiger partial charge in [-0.2, -0.15) is 0 Å². The van der Waals surface area contributed by atoms with Crippen LogP contribution in [0.1, 0.15) is 32.0 Å². The highest BCUT2D eigenvalue weighted by Gasteiger charge is 2.17. The highest BCUT2D eigenvalue weighted by Crippen LogP contribution is 2.18. The highest BCUT2D eigenvalue weighted by molar-refractivity contribution is 5.67. The number of carbonyl (C=O) groups is 1. The lowest BCUT2D eigenvalue weighted by Crippen LogP contribution is -2.34. The van der Waals surface area contributed by atoms with Crippen LogP contribution >= 0.6 is 0 Å². The third-order valence-corrected chi connectivity index (χ3v) is 6.95. The maximum atomic E-state index is 11.5. The van der Waals surface area contributed by atoms with Gasteiger partial charge in [-0.05, 0) is 32.4 Å². The SMILES string of the molecule is CC(C)(C)OC(=O)NCCOCCOCCOCCOCCOCCOCCOCCOCCOCCOCCN1CCc2ncc(N)cc2C1. The molecule has 0 fully saturated rings. The molecule has 0 aromatic carbocycles. The molecule has 1 aromatic heterocycles. The first-order chi connectivity index (χ1) is 24.8. The van der Waals surface area contributed by atoms with Gasteiger partial charge in [-0.1, -0.05) is 0 Å². The minimum atomic E-state index is -0.512. The number of ether oxygens (including phenoxy) is 11. The van der Waals surface area contributed by atoms with Crippen LogP contribution in [-0.2, 0) is 65.1 Å². The lowest BCUT2D eigenvalue weighted by Gasteiger charge is -2.28. The number of nitrogens with one attached hydrogen (secondary N) is 1. The Morgan fingerprint density at radius 1 is 0.667 bits per heavy atom. The Bertz CT molecular complexity index is 989. The van der Waals surface area contributed by atoms with Crippen LogP contribution in [0.25, 0.3) is 0 Å². The van der Waals surface area contributed by atoms with E-state index in [4.69, 9.17) is 57.8 Å². The molecule has 0 radical (unpaired) electrons. The molecule has 1 amide bonds. The Morgan fingerprint density at radius 2 is 1.06 bits per heavy atom. The summed E-state index contributed by atoms with van der Waals surface area (Å²) in [6.45, 7) is 18.6. The van der Waals surface area contributed by atoms with Crippen molar-refractivity contribution in [3.63, 3.8) is 0 Å². The van der Waals surface area contributed by atoms with E-state index in [1.165, 1.54) is 5.56 Å². The summed E-state index contributed by atoms with van der Waals surface area (Å²) in [7, 11) is 0. The van der Waals surface area contributed by atoms with Crippen molar-refractivity contribution < 1.29 is 56.9 Å². The molecular formula is C35H64N4O12. The molecule has 1 aliphatic heterocycles. The van der Waals surface area contributed by atoms with Crippen molar-refractivity contribution in [2.75, 3.05) is 158 Å². The number of hydrogen-bond donors (Lipinski definition) is 2. The van der Waals surface area contributed by atoms with E-state index in [1.54, 1.807) is 6.20 Å². The molecule has 2 heterocycles. The van der Waals surface area contributed by atoms with Gasteiger partial charge in [0.15, 0.2) is 0 Å². The zero-order valence-corrected chi connectivity index (χ0v) is 31.2. The van der Waals surface area contributed by atoms with Crippen LogP contribution in [0, 0.1) is 0 Å². The average Bonchev–Trinajstić information content (AvgIpc) is 3.09. The van der Waals surface area contributed by atoms with Gasteiger partial charge in [0, 0.05) is 38.3 Å². The number of nitrogens with two attached hydrogens (primary N) is 1. The second-order valence-corrected chi connectivity index (χ2v) is 12.5. The first-order valence-corrected chi connectivity index (χ1v) is 18.0. The number of nitrogen functional groups attached to an aromatic ring is 1. The lowest BCUT2D eigenvalue weighted by molar-refractivity contribution is -0.0266. The Kier molecular flexibility index (Phi) is 26.7. The third kappa shape index (κ3) is 27.1. The first kappa shape index (κ1) is 44.9. The average molecular weight is 733 g/mol. The minimum Gasteiger partial charge on any atom is -0.444 e. The van der Waals surface area contributed by atoms with E-state index in [0.29, 0.717) is 144 Å². The number of carbonyl (C=O) groups excluding carboxylic acids is 1. The normalized spacial score (nSPS) is 13.4. The molecule has 0 bridgehead atoms. The minimum absolute atomic E-state index is 0.382. The van der Waals surface area contributed by atoms with Crippen LogP contribution in [0.3, 0.4) is 0 Å². The maximum absolute atomic E-state index is 11.5. The largest absolute Gasteiger partial charge is 0.444 e. The number of alkyl carbamates (subject to hydrolysis) is 1. The van der Waals surface area contributed by atoms with Gasteiger partial charge < -0.3 is 63.2 Å². The van der Waals surface area contributed by atoms with Crippen LogP contribution in [0.15, 0.2) is 12.3 Å². The molecule has 16 heteroatoms. The predicted molar refractivity (Wildman–Crippen MR) is 190 cm³/mol. The van der Waals surface area contributed by atoms with E-state index in [2.05, 4.69) is 15.2 Å². The second kappa shape index (κ2) is 30.3. The van der Waals surface area contributed by atoms with Gasteiger partial charge >= 0.3 is 6.09 Å². The van der Waals surface area contributed by atoms with E-state index < -0.39 is 11.7 Å².